The molecule has 0 radical (unpaired) electrons. The molecule has 2 atom stereocenters. The van der Waals surface area contributed by atoms with Gasteiger partial charge in [0.1, 0.15) is 13.2 Å². The molecule has 312 valence electrons. The second kappa shape index (κ2) is 21.8. The van der Waals surface area contributed by atoms with Gasteiger partial charge in [0.15, 0.2) is 23.7 Å². The summed E-state index contributed by atoms with van der Waals surface area (Å²) >= 11 is 0. The average molecular weight is 836 g/mol. The van der Waals surface area contributed by atoms with Crippen LogP contribution in [0.25, 0.3) is 0 Å². The predicted octanol–water partition coefficient (Wildman–Crippen LogP) is 3.43. The van der Waals surface area contributed by atoms with Crippen molar-refractivity contribution < 1.29 is 91.6 Å². The normalized spacial score (nSPS) is 19.3. The number of ether oxygens (including phenoxy) is 4. The molecule has 2 aromatic carbocycles. The molecule has 0 spiro atoms. The summed E-state index contributed by atoms with van der Waals surface area (Å²) < 4.78 is 23.4. The molecule has 13 nitrogen and oxygen atoms in total. The van der Waals surface area contributed by atoms with Crippen LogP contribution in [0.3, 0.4) is 0 Å². The summed E-state index contributed by atoms with van der Waals surface area (Å²) in [6.45, 7) is 11.0. The van der Waals surface area contributed by atoms with E-state index in [0.717, 1.165) is 76.3 Å². The number of nitrogens with zero attached hydrogens (tertiary/aromatic N) is 5. The fraction of sp³-hybridized carbons (Fsp3) is 0.467. The molecule has 59 heavy (non-hydrogen) atoms. The topological polar surface area (TPSA) is 147 Å². The smallest absolute Gasteiger partial charge is 1.00 e. The number of fused-ring (bicyclic) bond motifs is 2. The van der Waals surface area contributed by atoms with Gasteiger partial charge in [-0.15, -0.1) is 0 Å². The third kappa shape index (κ3) is 13.2. The Morgan fingerprint density at radius 1 is 0.729 bits per heavy atom. The zero-order valence-electron chi connectivity index (χ0n) is 34.8. The van der Waals surface area contributed by atoms with E-state index in [1.54, 1.807) is 26.2 Å². The van der Waals surface area contributed by atoms with Crippen molar-refractivity contribution in [3.63, 3.8) is 0 Å². The Kier molecular flexibility index (Phi) is 17.1. The van der Waals surface area contributed by atoms with Crippen LogP contribution in [0.4, 0.5) is 0 Å². The molecular weight excluding hydrogens is 778 g/mol. The number of rotatable bonds is 10. The quantitative estimate of drug-likeness (QED) is 0.226. The molecule has 4 aromatic rings. The Morgan fingerprint density at radius 3 is 1.63 bits per heavy atom. The number of piperidine rings is 1. The van der Waals surface area contributed by atoms with Gasteiger partial charge >= 0.3 is 57.4 Å². The number of hydrogen-bond donors (Lipinski definition) is 2. The van der Waals surface area contributed by atoms with Gasteiger partial charge in [-0.1, -0.05) is 56.0 Å². The van der Waals surface area contributed by atoms with Crippen molar-refractivity contribution in [1.29, 1.82) is 0 Å². The van der Waals surface area contributed by atoms with Crippen LogP contribution in [0.2, 0.25) is 0 Å². The molecule has 2 N–H and O–H groups in total. The Balaban J connectivity index is 0.000000255. The largest absolute Gasteiger partial charge is 1.00 e. The van der Waals surface area contributed by atoms with E-state index in [9.17, 15) is 14.7 Å². The molecule has 14 heteroatoms. The Hall–Kier alpha value is -3.60. The Labute approximate surface area is 391 Å². The van der Waals surface area contributed by atoms with E-state index >= 15 is 0 Å². The minimum atomic E-state index is -0.793. The maximum Gasteiger partial charge on any atom is 1.00 e. The monoisotopic (exact) mass is 835 g/mol. The van der Waals surface area contributed by atoms with E-state index in [1.165, 1.54) is 11.1 Å². The molecule has 2 saturated heterocycles. The molecule has 6 heterocycles. The summed E-state index contributed by atoms with van der Waals surface area (Å²) in [5, 5.41) is 18.9. The number of carbonyl (C=O) groups is 2. The predicted molar refractivity (Wildman–Crippen MR) is 220 cm³/mol. The first-order valence-electron chi connectivity index (χ1n) is 19.9. The zero-order valence-corrected chi connectivity index (χ0v) is 36.9. The maximum absolute atomic E-state index is 12.3. The minimum Gasteiger partial charge on any atom is -1.00 e. The fourth-order valence-corrected chi connectivity index (χ4v) is 7.40. The van der Waals surface area contributed by atoms with Gasteiger partial charge in [-0.3, -0.25) is 19.4 Å². The molecule has 4 aliphatic rings. The van der Waals surface area contributed by atoms with Crippen molar-refractivity contribution in [2.75, 3.05) is 52.5 Å². The van der Waals surface area contributed by atoms with Crippen molar-refractivity contribution in [3.8, 4) is 23.3 Å². The van der Waals surface area contributed by atoms with Crippen LogP contribution < -0.4 is 70.3 Å². The Bertz CT molecular complexity index is 1950. The Morgan fingerprint density at radius 2 is 1.19 bits per heavy atom. The number of carboxylic acids is 1. The molecule has 1 amide bonds. The molecule has 2 fully saturated rings. The molecular formula is C45H58KN5O8. The SMILES string of the molecule is C.CC(C)(O)CCC(=O)N1CCN(Cc2ccc([C@H]3COc4cccnc4O3)cc2)CC1.O=C(O)C1CCN(Cc2ccc([C@H]3COc4cccnc4O3)cc2)CC1.[H-].[K+]. The summed E-state index contributed by atoms with van der Waals surface area (Å²) in [5.41, 5.74) is 3.80. The van der Waals surface area contributed by atoms with Gasteiger partial charge in [0.05, 0.1) is 11.5 Å². The number of carbonyl (C=O) groups excluding carboxylic acids is 1. The van der Waals surface area contributed by atoms with E-state index in [0.29, 0.717) is 49.3 Å². The fourth-order valence-electron chi connectivity index (χ4n) is 7.40. The van der Waals surface area contributed by atoms with Crippen LogP contribution in [0.1, 0.15) is 82.8 Å². The van der Waals surface area contributed by atoms with Gasteiger partial charge in [0.2, 0.25) is 5.91 Å². The third-order valence-corrected chi connectivity index (χ3v) is 10.9. The van der Waals surface area contributed by atoms with Gasteiger partial charge in [-0.25, -0.2) is 9.97 Å². The summed E-state index contributed by atoms with van der Waals surface area (Å²) in [6, 6.07) is 24.2. The third-order valence-electron chi connectivity index (χ3n) is 10.9. The number of pyridine rings is 2. The van der Waals surface area contributed by atoms with Crippen LogP contribution in [0, 0.1) is 5.92 Å². The van der Waals surface area contributed by atoms with Gasteiger partial charge < -0.3 is 35.5 Å². The summed E-state index contributed by atoms with van der Waals surface area (Å²) in [7, 11) is 0. The van der Waals surface area contributed by atoms with Crippen LogP contribution in [-0.4, -0.2) is 105 Å². The molecule has 8 rings (SSSR count). The first-order chi connectivity index (χ1) is 27.6. The number of amides is 1. The van der Waals surface area contributed by atoms with Crippen molar-refractivity contribution >= 4 is 11.9 Å². The number of piperazine rings is 1. The van der Waals surface area contributed by atoms with E-state index in [-0.39, 0.29) is 84.3 Å². The van der Waals surface area contributed by atoms with Crippen LogP contribution in [0.5, 0.6) is 23.3 Å². The number of likely N-dealkylation sites (tertiary alicyclic amines) is 1. The second-order valence-corrected chi connectivity index (χ2v) is 15.8. The average Bonchev–Trinajstić information content (AvgIpc) is 3.23. The van der Waals surface area contributed by atoms with Gasteiger partial charge in [0, 0.05) is 58.1 Å². The van der Waals surface area contributed by atoms with E-state index in [1.807, 2.05) is 29.2 Å². The molecule has 2 aromatic heterocycles. The molecule has 0 bridgehead atoms. The van der Waals surface area contributed by atoms with Gasteiger partial charge in [0.25, 0.3) is 11.8 Å². The summed E-state index contributed by atoms with van der Waals surface area (Å²) in [5.74, 6) is 1.73. The van der Waals surface area contributed by atoms with E-state index in [2.05, 4.69) is 68.3 Å². The second-order valence-electron chi connectivity index (χ2n) is 15.8. The number of benzene rings is 2. The van der Waals surface area contributed by atoms with Crippen LogP contribution in [-0.2, 0) is 22.7 Å². The molecule has 0 saturated carbocycles. The maximum atomic E-state index is 12.3. The molecule has 4 aliphatic heterocycles. The zero-order chi connectivity index (χ0) is 39.8. The first kappa shape index (κ1) is 46.5. The van der Waals surface area contributed by atoms with Gasteiger partial charge in [-0.2, -0.15) is 0 Å². The number of aliphatic carboxylic acids is 1. The standard InChI is InChI=1S/C24H31N3O4.C20H22N2O4.CH4.K.H/c1-24(2,29)10-9-22(28)27-14-12-26(13-15-27)16-18-5-7-19(8-6-18)21-17-30-20-4-3-11-25-23(20)31-21;23-20(24)16-7-10-22(11-8-16)12-14-3-5-15(6-4-14)18-13-25-17-2-1-9-21-19(17)26-18;;;/h3-8,11,21,29H,9-10,12-17H2,1-2H3;1-6,9,16,18H,7-8,10-13H2,(H,23,24);1H4;;/q;;;+1;-1/t21-;18-;;;/m11.../s1. The number of carboxylic acid groups (broad SMARTS) is 1. The van der Waals surface area contributed by atoms with Crippen molar-refractivity contribution in [2.24, 2.45) is 5.92 Å². The van der Waals surface area contributed by atoms with Crippen molar-refractivity contribution in [3.05, 3.63) is 107 Å². The number of aromatic nitrogens is 2. The van der Waals surface area contributed by atoms with Gasteiger partial charge in [-0.05, 0) is 92.7 Å². The molecule has 0 aliphatic carbocycles. The van der Waals surface area contributed by atoms with Crippen molar-refractivity contribution in [1.82, 2.24) is 24.7 Å². The van der Waals surface area contributed by atoms with E-state index in [4.69, 9.17) is 24.1 Å². The minimum absolute atomic E-state index is 0. The van der Waals surface area contributed by atoms with Crippen molar-refractivity contribution in [2.45, 2.75) is 77.9 Å². The van der Waals surface area contributed by atoms with Crippen LogP contribution in [0.15, 0.2) is 85.2 Å². The molecule has 0 unspecified atom stereocenters. The summed E-state index contributed by atoms with van der Waals surface area (Å²) in [6.07, 6.45) is 5.44. The first-order valence-corrected chi connectivity index (χ1v) is 19.9. The number of hydrogen-bond acceptors (Lipinski definition) is 11. The number of aliphatic hydroxyl groups is 1. The van der Waals surface area contributed by atoms with Crippen LogP contribution >= 0.6 is 0 Å². The summed E-state index contributed by atoms with van der Waals surface area (Å²) in [4.78, 5) is 38.4. The van der Waals surface area contributed by atoms with E-state index < -0.39 is 11.6 Å².